The van der Waals surface area contributed by atoms with Gasteiger partial charge in [0.25, 0.3) is 0 Å². The summed E-state index contributed by atoms with van der Waals surface area (Å²) in [6, 6.07) is 0.390. The highest BCUT2D eigenvalue weighted by Gasteiger charge is 2.40. The first-order valence-electron chi connectivity index (χ1n) is 7.19. The summed E-state index contributed by atoms with van der Waals surface area (Å²) >= 11 is 0. The molecule has 0 saturated carbocycles. The Hall–Kier alpha value is -0.650. The molecule has 5 nitrogen and oxygen atoms in total. The smallest absolute Gasteiger partial charge is 0.219 e. The molecule has 1 atom stereocenters. The third-order valence-corrected chi connectivity index (χ3v) is 4.11. The van der Waals surface area contributed by atoms with Gasteiger partial charge in [-0.05, 0) is 39.5 Å². The molecule has 3 N–H and O–H groups in total. The van der Waals surface area contributed by atoms with Crippen LogP contribution in [0.5, 0.6) is 0 Å². The van der Waals surface area contributed by atoms with Crippen molar-refractivity contribution in [2.24, 2.45) is 5.73 Å². The monoisotopic (exact) mass is 270 g/mol. The second-order valence-corrected chi connectivity index (χ2v) is 6.50. The van der Waals surface area contributed by atoms with Crippen molar-refractivity contribution in [3.8, 4) is 0 Å². The van der Waals surface area contributed by atoms with Crippen molar-refractivity contribution < 1.29 is 14.3 Å². The Balaban J connectivity index is 1.92. The van der Waals surface area contributed by atoms with Crippen LogP contribution in [0.25, 0.3) is 0 Å². The topological polar surface area (TPSA) is 73.6 Å². The minimum Gasteiger partial charge on any atom is -0.381 e. The van der Waals surface area contributed by atoms with Crippen LogP contribution in [0.3, 0.4) is 0 Å². The lowest BCUT2D eigenvalue weighted by Crippen LogP contribution is -2.55. The predicted molar refractivity (Wildman–Crippen MR) is 72.8 cm³/mol. The van der Waals surface area contributed by atoms with Crippen LogP contribution >= 0.6 is 0 Å². The van der Waals surface area contributed by atoms with Gasteiger partial charge in [0.05, 0.1) is 5.60 Å². The highest BCUT2D eigenvalue weighted by atomic mass is 16.5. The van der Waals surface area contributed by atoms with Crippen LogP contribution in [0.2, 0.25) is 0 Å². The average molecular weight is 270 g/mol. The van der Waals surface area contributed by atoms with Crippen molar-refractivity contribution in [1.82, 2.24) is 5.32 Å². The number of ether oxygens (including phenoxy) is 2. The first kappa shape index (κ1) is 14.8. The zero-order chi connectivity index (χ0) is 13.9. The van der Waals surface area contributed by atoms with E-state index in [0.717, 1.165) is 45.5 Å². The van der Waals surface area contributed by atoms with Gasteiger partial charge in [-0.1, -0.05) is 0 Å². The van der Waals surface area contributed by atoms with E-state index in [1.165, 1.54) is 0 Å². The maximum Gasteiger partial charge on any atom is 0.219 e. The van der Waals surface area contributed by atoms with Gasteiger partial charge in [-0.25, -0.2) is 0 Å². The predicted octanol–water partition coefficient (Wildman–Crippen LogP) is 0.958. The number of hydrogen-bond acceptors (Lipinski definition) is 4. The molecule has 5 heteroatoms. The van der Waals surface area contributed by atoms with E-state index in [1.54, 1.807) is 0 Å². The highest BCUT2D eigenvalue weighted by molar-refractivity contribution is 5.75. The lowest BCUT2D eigenvalue weighted by Gasteiger charge is -2.45. The number of hydrogen-bond donors (Lipinski definition) is 2. The second kappa shape index (κ2) is 5.77. The van der Waals surface area contributed by atoms with Crippen LogP contribution in [-0.4, -0.2) is 42.9 Å². The van der Waals surface area contributed by atoms with Crippen LogP contribution in [0.4, 0.5) is 0 Å². The Morgan fingerprint density at radius 1 is 1.37 bits per heavy atom. The number of carbonyl (C=O) groups is 1. The Bertz CT molecular complexity index is 319. The van der Waals surface area contributed by atoms with E-state index in [-0.39, 0.29) is 17.0 Å². The quantitative estimate of drug-likeness (QED) is 0.798. The molecular formula is C14H26N2O3. The summed E-state index contributed by atoms with van der Waals surface area (Å²) in [6.07, 6.45) is 4.30. The fraction of sp³-hybridized carbons (Fsp3) is 0.929. The molecule has 2 aliphatic rings. The minimum atomic E-state index is -0.259. The molecule has 1 unspecified atom stereocenters. The number of primary amides is 1. The molecule has 2 fully saturated rings. The zero-order valence-electron chi connectivity index (χ0n) is 12.0. The highest BCUT2D eigenvalue weighted by Crippen LogP contribution is 2.34. The average Bonchev–Trinajstić information content (AvgIpc) is 2.27. The third kappa shape index (κ3) is 4.16. The first-order chi connectivity index (χ1) is 8.91. The van der Waals surface area contributed by atoms with Crippen LogP contribution in [0, 0.1) is 0 Å². The zero-order valence-corrected chi connectivity index (χ0v) is 12.0. The van der Waals surface area contributed by atoms with Crippen molar-refractivity contribution in [1.29, 1.82) is 0 Å². The summed E-state index contributed by atoms with van der Waals surface area (Å²) in [7, 11) is 0. The largest absolute Gasteiger partial charge is 0.381 e. The molecule has 0 radical (unpaired) electrons. The molecule has 2 aliphatic heterocycles. The molecular weight excluding hydrogens is 244 g/mol. The van der Waals surface area contributed by atoms with Gasteiger partial charge < -0.3 is 20.5 Å². The van der Waals surface area contributed by atoms with Gasteiger partial charge >= 0.3 is 0 Å². The molecule has 0 aromatic heterocycles. The van der Waals surface area contributed by atoms with Crippen molar-refractivity contribution >= 4 is 5.91 Å². The Morgan fingerprint density at radius 3 is 2.68 bits per heavy atom. The van der Waals surface area contributed by atoms with E-state index in [1.807, 2.05) is 13.8 Å². The first-order valence-corrected chi connectivity index (χ1v) is 7.19. The molecule has 2 saturated heterocycles. The molecule has 0 aromatic rings. The number of nitrogens with two attached hydrogens (primary N) is 1. The summed E-state index contributed by atoms with van der Waals surface area (Å²) in [4.78, 5) is 11.1. The van der Waals surface area contributed by atoms with Crippen LogP contribution in [0.15, 0.2) is 0 Å². The Morgan fingerprint density at radius 2 is 2.05 bits per heavy atom. The van der Waals surface area contributed by atoms with Gasteiger partial charge in [0.2, 0.25) is 5.91 Å². The van der Waals surface area contributed by atoms with Crippen molar-refractivity contribution in [2.75, 3.05) is 19.8 Å². The van der Waals surface area contributed by atoms with E-state index in [0.29, 0.717) is 12.5 Å². The van der Waals surface area contributed by atoms with Crippen LogP contribution in [0.1, 0.15) is 46.0 Å². The Labute approximate surface area is 115 Å². The molecule has 110 valence electrons. The molecule has 0 bridgehead atoms. The molecule has 2 heterocycles. The number of nitrogens with one attached hydrogen (secondary N) is 1. The van der Waals surface area contributed by atoms with E-state index in [9.17, 15) is 4.79 Å². The molecule has 19 heavy (non-hydrogen) atoms. The van der Waals surface area contributed by atoms with Crippen molar-refractivity contribution in [2.45, 2.75) is 63.1 Å². The van der Waals surface area contributed by atoms with Crippen molar-refractivity contribution in [3.05, 3.63) is 0 Å². The lowest BCUT2D eigenvalue weighted by atomic mass is 9.83. The third-order valence-electron chi connectivity index (χ3n) is 4.11. The molecule has 0 aliphatic carbocycles. The second-order valence-electron chi connectivity index (χ2n) is 6.50. The van der Waals surface area contributed by atoms with E-state index >= 15 is 0 Å². The standard InChI is InChI=1S/C14H26N2O3/c1-13(2,10-12(15)17)16-11-3-6-19-14(9-11)4-7-18-8-5-14/h11,16H,3-10H2,1-2H3,(H2,15,17). The van der Waals surface area contributed by atoms with Gasteiger partial charge in [0, 0.05) is 37.8 Å². The fourth-order valence-corrected chi connectivity index (χ4v) is 3.28. The van der Waals surface area contributed by atoms with E-state index in [4.69, 9.17) is 15.2 Å². The summed E-state index contributed by atoms with van der Waals surface area (Å²) < 4.78 is 11.4. The SMILES string of the molecule is CC(C)(CC(N)=O)NC1CCOC2(CCOCC2)C1. The molecule has 0 aromatic carbocycles. The van der Waals surface area contributed by atoms with Gasteiger partial charge in [0.1, 0.15) is 0 Å². The number of carbonyl (C=O) groups excluding carboxylic acids is 1. The molecule has 1 spiro atoms. The normalized spacial score (nSPS) is 27.4. The Kier molecular flexibility index (Phi) is 4.48. The molecule has 2 rings (SSSR count). The maximum atomic E-state index is 11.1. The minimum absolute atomic E-state index is 0.0169. The van der Waals surface area contributed by atoms with E-state index < -0.39 is 0 Å². The van der Waals surface area contributed by atoms with Gasteiger partial charge in [-0.3, -0.25) is 4.79 Å². The summed E-state index contributed by atoms with van der Waals surface area (Å²) in [6.45, 7) is 6.42. The van der Waals surface area contributed by atoms with Crippen LogP contribution < -0.4 is 11.1 Å². The van der Waals surface area contributed by atoms with Gasteiger partial charge in [0.15, 0.2) is 0 Å². The van der Waals surface area contributed by atoms with E-state index in [2.05, 4.69) is 5.32 Å². The fourth-order valence-electron chi connectivity index (χ4n) is 3.28. The number of amides is 1. The van der Waals surface area contributed by atoms with Gasteiger partial charge in [-0.2, -0.15) is 0 Å². The van der Waals surface area contributed by atoms with Crippen molar-refractivity contribution in [3.63, 3.8) is 0 Å². The van der Waals surface area contributed by atoms with Crippen LogP contribution in [-0.2, 0) is 14.3 Å². The lowest BCUT2D eigenvalue weighted by molar-refractivity contribution is -0.142. The summed E-state index contributed by atoms with van der Waals surface area (Å²) in [5.74, 6) is -0.259. The van der Waals surface area contributed by atoms with Gasteiger partial charge in [-0.15, -0.1) is 0 Å². The summed E-state index contributed by atoms with van der Waals surface area (Å²) in [5.41, 5.74) is 5.03. The summed E-state index contributed by atoms with van der Waals surface area (Å²) in [5, 5.41) is 3.58. The molecule has 1 amide bonds. The maximum absolute atomic E-state index is 11.1. The number of rotatable bonds is 4.